The number of hydrogen-bond acceptors (Lipinski definition) is 4. The molecule has 0 bridgehead atoms. The number of carboxylic acid groups (broad SMARTS) is 1. The lowest BCUT2D eigenvalue weighted by molar-refractivity contribution is -0.145. The summed E-state index contributed by atoms with van der Waals surface area (Å²) in [6.07, 6.45) is -0.473. The number of pyridine rings is 1. The molecule has 0 aliphatic heterocycles. The first-order valence-electron chi connectivity index (χ1n) is 7.79. The van der Waals surface area contributed by atoms with E-state index in [1.54, 1.807) is 43.3 Å². The highest BCUT2D eigenvalue weighted by molar-refractivity contribution is 6.31. The number of ether oxygens (including phenoxy) is 2. The second-order valence-electron chi connectivity index (χ2n) is 5.41. The van der Waals surface area contributed by atoms with Gasteiger partial charge < -0.3 is 14.6 Å². The van der Waals surface area contributed by atoms with E-state index in [-0.39, 0.29) is 0 Å². The van der Waals surface area contributed by atoms with E-state index in [2.05, 4.69) is 4.98 Å². The molecule has 0 saturated heterocycles. The van der Waals surface area contributed by atoms with Gasteiger partial charge in [0.25, 0.3) is 0 Å². The normalized spacial score (nSPS) is 11.9. The van der Waals surface area contributed by atoms with Crippen molar-refractivity contribution in [2.24, 2.45) is 0 Å². The zero-order chi connectivity index (χ0) is 17.8. The largest absolute Gasteiger partial charge is 0.479 e. The van der Waals surface area contributed by atoms with Crippen molar-refractivity contribution in [3.8, 4) is 17.4 Å². The van der Waals surface area contributed by atoms with Crippen LogP contribution in [-0.2, 0) is 4.79 Å². The molecule has 1 heterocycles. The number of fused-ring (bicyclic) bond motifs is 1. The highest BCUT2D eigenvalue weighted by atomic mass is 35.5. The molecule has 0 spiro atoms. The molecule has 3 rings (SSSR count). The van der Waals surface area contributed by atoms with E-state index in [0.717, 1.165) is 10.9 Å². The van der Waals surface area contributed by atoms with E-state index in [1.165, 1.54) is 0 Å². The Hall–Kier alpha value is -2.79. The monoisotopic (exact) mass is 357 g/mol. The van der Waals surface area contributed by atoms with Crippen LogP contribution in [0.5, 0.6) is 17.4 Å². The van der Waals surface area contributed by atoms with Crippen molar-refractivity contribution in [3.63, 3.8) is 0 Å². The highest BCUT2D eigenvalue weighted by Crippen LogP contribution is 2.26. The summed E-state index contributed by atoms with van der Waals surface area (Å²) in [4.78, 5) is 15.4. The van der Waals surface area contributed by atoms with Gasteiger partial charge in [0.05, 0.1) is 5.52 Å². The van der Waals surface area contributed by atoms with Crippen LogP contribution < -0.4 is 9.47 Å². The summed E-state index contributed by atoms with van der Waals surface area (Å²) in [5.41, 5.74) is 0.786. The zero-order valence-corrected chi connectivity index (χ0v) is 14.2. The number of aliphatic carboxylic acids is 1. The Bertz CT molecular complexity index is 896. The van der Waals surface area contributed by atoms with Crippen molar-refractivity contribution in [2.45, 2.75) is 19.4 Å². The third kappa shape index (κ3) is 4.19. The fourth-order valence-electron chi connectivity index (χ4n) is 2.31. The number of carboxylic acids is 1. The van der Waals surface area contributed by atoms with Crippen LogP contribution in [0.2, 0.25) is 5.02 Å². The first-order chi connectivity index (χ1) is 12.0. The molecule has 2 aromatic carbocycles. The van der Waals surface area contributed by atoms with Gasteiger partial charge in [-0.3, -0.25) is 0 Å². The standard InChI is InChI=1S/C19H16ClNO4/c1-2-17(19(22)23)24-14-5-7-15(8-6-14)25-18-10-3-12-11-13(20)4-9-16(12)21-18/h3-11,17H,2H2,1H3,(H,22,23). The summed E-state index contributed by atoms with van der Waals surface area (Å²) in [6.45, 7) is 1.76. The average molecular weight is 358 g/mol. The Morgan fingerprint density at radius 3 is 2.52 bits per heavy atom. The van der Waals surface area contributed by atoms with E-state index in [0.29, 0.717) is 28.8 Å². The average Bonchev–Trinajstić information content (AvgIpc) is 2.61. The van der Waals surface area contributed by atoms with Crippen molar-refractivity contribution in [1.82, 2.24) is 4.98 Å². The van der Waals surface area contributed by atoms with Gasteiger partial charge in [0.1, 0.15) is 11.5 Å². The predicted molar refractivity (Wildman–Crippen MR) is 95.6 cm³/mol. The van der Waals surface area contributed by atoms with Crippen molar-refractivity contribution in [2.75, 3.05) is 0 Å². The summed E-state index contributed by atoms with van der Waals surface area (Å²) in [5.74, 6) is 0.531. The first-order valence-corrected chi connectivity index (χ1v) is 8.16. The molecule has 1 unspecified atom stereocenters. The summed E-state index contributed by atoms with van der Waals surface area (Å²) in [6, 6.07) is 15.9. The van der Waals surface area contributed by atoms with E-state index in [9.17, 15) is 4.79 Å². The molecule has 25 heavy (non-hydrogen) atoms. The Labute approximate surface area is 149 Å². The minimum atomic E-state index is -0.983. The summed E-state index contributed by atoms with van der Waals surface area (Å²) < 4.78 is 11.2. The van der Waals surface area contributed by atoms with E-state index in [1.807, 2.05) is 18.2 Å². The Morgan fingerprint density at radius 2 is 1.84 bits per heavy atom. The van der Waals surface area contributed by atoms with Gasteiger partial charge in [-0.1, -0.05) is 18.5 Å². The van der Waals surface area contributed by atoms with Crippen LogP contribution >= 0.6 is 11.6 Å². The number of nitrogens with zero attached hydrogens (tertiary/aromatic N) is 1. The minimum absolute atomic E-state index is 0.388. The molecule has 5 nitrogen and oxygen atoms in total. The molecule has 0 aliphatic rings. The van der Waals surface area contributed by atoms with Crippen molar-refractivity contribution in [1.29, 1.82) is 0 Å². The smallest absolute Gasteiger partial charge is 0.344 e. The van der Waals surface area contributed by atoms with Gasteiger partial charge in [-0.05, 0) is 55.0 Å². The van der Waals surface area contributed by atoms with Gasteiger partial charge in [-0.25, -0.2) is 9.78 Å². The zero-order valence-electron chi connectivity index (χ0n) is 13.5. The Morgan fingerprint density at radius 1 is 1.12 bits per heavy atom. The SMILES string of the molecule is CCC(Oc1ccc(Oc2ccc3cc(Cl)ccc3n2)cc1)C(=O)O. The lowest BCUT2D eigenvalue weighted by atomic mass is 10.2. The van der Waals surface area contributed by atoms with Gasteiger partial charge in [-0.15, -0.1) is 0 Å². The van der Waals surface area contributed by atoms with Crippen LogP contribution in [-0.4, -0.2) is 22.2 Å². The van der Waals surface area contributed by atoms with Gasteiger partial charge in [0.2, 0.25) is 5.88 Å². The minimum Gasteiger partial charge on any atom is -0.479 e. The quantitative estimate of drug-likeness (QED) is 0.678. The maximum absolute atomic E-state index is 11.0. The fourth-order valence-corrected chi connectivity index (χ4v) is 2.49. The molecule has 128 valence electrons. The van der Waals surface area contributed by atoms with E-state index < -0.39 is 12.1 Å². The summed E-state index contributed by atoms with van der Waals surface area (Å²) in [5, 5.41) is 10.6. The molecule has 6 heteroatoms. The lowest BCUT2D eigenvalue weighted by Gasteiger charge is -2.13. The number of benzene rings is 2. The van der Waals surface area contributed by atoms with Gasteiger partial charge in [0.15, 0.2) is 6.10 Å². The number of rotatable bonds is 6. The summed E-state index contributed by atoms with van der Waals surface area (Å²) in [7, 11) is 0. The molecular formula is C19H16ClNO4. The van der Waals surface area contributed by atoms with E-state index in [4.69, 9.17) is 26.2 Å². The Balaban J connectivity index is 1.73. The van der Waals surface area contributed by atoms with Crippen LogP contribution in [0.4, 0.5) is 0 Å². The molecule has 0 amide bonds. The number of hydrogen-bond donors (Lipinski definition) is 1. The molecule has 0 radical (unpaired) electrons. The number of halogens is 1. The third-order valence-electron chi connectivity index (χ3n) is 3.60. The van der Waals surface area contributed by atoms with Gasteiger partial charge in [-0.2, -0.15) is 0 Å². The molecular weight excluding hydrogens is 342 g/mol. The van der Waals surface area contributed by atoms with E-state index >= 15 is 0 Å². The molecule has 1 aromatic heterocycles. The molecule has 0 fully saturated rings. The topological polar surface area (TPSA) is 68.7 Å². The van der Waals surface area contributed by atoms with Crippen LogP contribution in [0.1, 0.15) is 13.3 Å². The third-order valence-corrected chi connectivity index (χ3v) is 3.83. The second-order valence-corrected chi connectivity index (χ2v) is 5.85. The Kier molecular flexibility index (Phi) is 5.05. The summed E-state index contributed by atoms with van der Waals surface area (Å²) >= 11 is 5.96. The van der Waals surface area contributed by atoms with Gasteiger partial charge in [0, 0.05) is 16.5 Å². The maximum Gasteiger partial charge on any atom is 0.344 e. The van der Waals surface area contributed by atoms with Crippen LogP contribution in [0.15, 0.2) is 54.6 Å². The van der Waals surface area contributed by atoms with Crippen LogP contribution in [0.3, 0.4) is 0 Å². The number of carbonyl (C=O) groups is 1. The van der Waals surface area contributed by atoms with Crippen molar-refractivity contribution >= 4 is 28.5 Å². The molecule has 0 aliphatic carbocycles. The van der Waals surface area contributed by atoms with Crippen molar-refractivity contribution < 1.29 is 19.4 Å². The van der Waals surface area contributed by atoms with Gasteiger partial charge >= 0.3 is 5.97 Å². The van der Waals surface area contributed by atoms with Crippen molar-refractivity contribution in [3.05, 3.63) is 59.6 Å². The molecule has 1 N–H and O–H groups in total. The lowest BCUT2D eigenvalue weighted by Crippen LogP contribution is -2.25. The number of aromatic nitrogens is 1. The molecule has 0 saturated carbocycles. The first kappa shape index (κ1) is 17.0. The van der Waals surface area contributed by atoms with Crippen LogP contribution in [0.25, 0.3) is 10.9 Å². The fraction of sp³-hybridized carbons (Fsp3) is 0.158. The second kappa shape index (κ2) is 7.40. The molecule has 3 aromatic rings. The highest BCUT2D eigenvalue weighted by Gasteiger charge is 2.16. The predicted octanol–water partition coefficient (Wildman–Crippen LogP) is 4.92. The maximum atomic E-state index is 11.0. The van der Waals surface area contributed by atoms with Crippen LogP contribution in [0, 0.1) is 0 Å². The molecule has 1 atom stereocenters.